The van der Waals surface area contributed by atoms with Crippen molar-refractivity contribution in [3.8, 4) is 17.0 Å². The summed E-state index contributed by atoms with van der Waals surface area (Å²) in [6, 6.07) is 10.5. The number of likely N-dealkylation sites (tertiary alicyclic amines) is 1. The van der Waals surface area contributed by atoms with Crippen LogP contribution >= 0.6 is 11.6 Å². The van der Waals surface area contributed by atoms with E-state index in [0.717, 1.165) is 47.4 Å². The van der Waals surface area contributed by atoms with Gasteiger partial charge >= 0.3 is 0 Å². The van der Waals surface area contributed by atoms with E-state index in [4.69, 9.17) is 16.3 Å². The third-order valence-electron chi connectivity index (χ3n) is 6.76. The third-order valence-corrected chi connectivity index (χ3v) is 7.18. The number of nitrogens with one attached hydrogen (secondary N) is 3. The summed E-state index contributed by atoms with van der Waals surface area (Å²) in [4.78, 5) is 29.8. The molecule has 2 aromatic carbocycles. The smallest absolute Gasteiger partial charge is 0.252 e. The second-order valence-corrected chi connectivity index (χ2v) is 9.78. The SMILES string of the molecule is CC(=O)NCCCOc1cc(-c2cc3cc(CN4CCCCC4)ccc3[nH]2)c2c(c1Cl)CNC2=O. The fourth-order valence-corrected chi connectivity index (χ4v) is 5.28. The highest BCUT2D eigenvalue weighted by Gasteiger charge is 2.29. The molecule has 0 saturated carbocycles. The van der Waals surface area contributed by atoms with Gasteiger partial charge in [-0.25, -0.2) is 0 Å². The number of rotatable bonds is 8. The average molecular weight is 495 g/mol. The van der Waals surface area contributed by atoms with E-state index in [2.05, 4.69) is 44.8 Å². The number of piperidine rings is 1. The molecule has 3 aromatic rings. The van der Waals surface area contributed by atoms with E-state index in [0.29, 0.717) is 42.5 Å². The lowest BCUT2D eigenvalue weighted by molar-refractivity contribution is -0.118. The van der Waals surface area contributed by atoms with Gasteiger partial charge in [0, 0.05) is 54.3 Å². The van der Waals surface area contributed by atoms with Crippen molar-refractivity contribution in [2.45, 2.75) is 45.7 Å². The first-order chi connectivity index (χ1) is 17.0. The number of carbonyl (C=O) groups excluding carboxylic acids is 2. The van der Waals surface area contributed by atoms with Crippen LogP contribution in [0, 0.1) is 0 Å². The zero-order valence-corrected chi connectivity index (χ0v) is 20.8. The van der Waals surface area contributed by atoms with Gasteiger partial charge in [0.1, 0.15) is 5.75 Å². The van der Waals surface area contributed by atoms with E-state index in [-0.39, 0.29) is 11.8 Å². The number of H-pyrrole nitrogens is 1. The van der Waals surface area contributed by atoms with Crippen LogP contribution in [-0.2, 0) is 17.9 Å². The van der Waals surface area contributed by atoms with Crippen molar-refractivity contribution in [1.82, 2.24) is 20.5 Å². The molecule has 2 aliphatic rings. The molecule has 1 fully saturated rings. The molecule has 5 rings (SSSR count). The van der Waals surface area contributed by atoms with Crippen LogP contribution in [0.5, 0.6) is 5.75 Å². The van der Waals surface area contributed by atoms with Gasteiger partial charge in [-0.2, -0.15) is 0 Å². The molecule has 0 unspecified atom stereocenters. The minimum atomic E-state index is -0.126. The lowest BCUT2D eigenvalue weighted by Crippen LogP contribution is -2.28. The number of nitrogens with zero attached hydrogens (tertiary/aromatic N) is 1. The lowest BCUT2D eigenvalue weighted by atomic mass is 9.99. The average Bonchev–Trinajstić information content (AvgIpc) is 3.44. The first kappa shape index (κ1) is 23.7. The second kappa shape index (κ2) is 10.3. The third kappa shape index (κ3) is 5.16. The van der Waals surface area contributed by atoms with E-state index < -0.39 is 0 Å². The van der Waals surface area contributed by atoms with Crippen molar-refractivity contribution in [3.05, 3.63) is 52.0 Å². The number of ether oxygens (including phenoxy) is 1. The van der Waals surface area contributed by atoms with Crippen molar-refractivity contribution < 1.29 is 14.3 Å². The maximum Gasteiger partial charge on any atom is 0.252 e. The lowest BCUT2D eigenvalue weighted by Gasteiger charge is -2.26. The molecule has 7 nitrogen and oxygen atoms in total. The molecule has 1 aromatic heterocycles. The topological polar surface area (TPSA) is 86.5 Å². The number of amides is 2. The van der Waals surface area contributed by atoms with Crippen molar-refractivity contribution in [2.24, 2.45) is 0 Å². The molecule has 2 amide bonds. The first-order valence-corrected chi connectivity index (χ1v) is 12.7. The van der Waals surface area contributed by atoms with Gasteiger partial charge in [-0.3, -0.25) is 14.5 Å². The summed E-state index contributed by atoms with van der Waals surface area (Å²) in [5.41, 5.74) is 5.33. The highest BCUT2D eigenvalue weighted by Crippen LogP contribution is 2.41. The van der Waals surface area contributed by atoms with Gasteiger partial charge in [0.15, 0.2) is 0 Å². The van der Waals surface area contributed by atoms with Gasteiger partial charge in [0.05, 0.1) is 17.2 Å². The number of benzene rings is 2. The quantitative estimate of drug-likeness (QED) is 0.399. The fourth-order valence-electron chi connectivity index (χ4n) is 5.01. The van der Waals surface area contributed by atoms with Crippen LogP contribution in [0.4, 0.5) is 0 Å². The van der Waals surface area contributed by atoms with Crippen LogP contribution in [0.15, 0.2) is 30.3 Å². The van der Waals surface area contributed by atoms with E-state index in [1.165, 1.54) is 31.7 Å². The van der Waals surface area contributed by atoms with Crippen LogP contribution in [0.2, 0.25) is 5.02 Å². The molecule has 3 heterocycles. The van der Waals surface area contributed by atoms with Crippen molar-refractivity contribution >= 4 is 34.3 Å². The van der Waals surface area contributed by atoms with Gasteiger partial charge in [-0.1, -0.05) is 24.1 Å². The Morgan fingerprint density at radius 3 is 2.80 bits per heavy atom. The maximum absolute atomic E-state index is 12.7. The van der Waals surface area contributed by atoms with Crippen LogP contribution in [0.3, 0.4) is 0 Å². The molecule has 0 atom stereocenters. The monoisotopic (exact) mass is 494 g/mol. The molecule has 0 bridgehead atoms. The molecular weight excluding hydrogens is 464 g/mol. The summed E-state index contributed by atoms with van der Waals surface area (Å²) >= 11 is 6.63. The molecule has 1 saturated heterocycles. The summed E-state index contributed by atoms with van der Waals surface area (Å²) in [7, 11) is 0. The summed E-state index contributed by atoms with van der Waals surface area (Å²) in [6.07, 6.45) is 4.54. The Morgan fingerprint density at radius 1 is 1.17 bits per heavy atom. The van der Waals surface area contributed by atoms with Crippen molar-refractivity contribution in [1.29, 1.82) is 0 Å². The molecule has 0 aliphatic carbocycles. The van der Waals surface area contributed by atoms with Crippen LogP contribution in [0.25, 0.3) is 22.2 Å². The largest absolute Gasteiger partial charge is 0.492 e. The van der Waals surface area contributed by atoms with Gasteiger partial charge in [0.25, 0.3) is 5.91 Å². The predicted molar refractivity (Wildman–Crippen MR) is 138 cm³/mol. The second-order valence-electron chi connectivity index (χ2n) is 9.40. The Balaban J connectivity index is 1.42. The van der Waals surface area contributed by atoms with Gasteiger partial charge in [0.2, 0.25) is 5.91 Å². The highest BCUT2D eigenvalue weighted by atomic mass is 35.5. The molecule has 35 heavy (non-hydrogen) atoms. The number of aromatic amines is 1. The molecule has 2 aliphatic heterocycles. The van der Waals surface area contributed by atoms with Gasteiger partial charge < -0.3 is 20.4 Å². The molecule has 0 radical (unpaired) electrons. The number of fused-ring (bicyclic) bond motifs is 2. The van der Waals surface area contributed by atoms with E-state index in [9.17, 15) is 9.59 Å². The summed E-state index contributed by atoms with van der Waals surface area (Å²) in [5, 5.41) is 7.24. The summed E-state index contributed by atoms with van der Waals surface area (Å²) in [5.74, 6) is 0.355. The van der Waals surface area contributed by atoms with E-state index in [1.807, 2.05) is 6.07 Å². The molecular formula is C27H31ClN4O3. The highest BCUT2D eigenvalue weighted by molar-refractivity contribution is 6.34. The Labute approximate surface area is 210 Å². The Morgan fingerprint density at radius 2 is 2.00 bits per heavy atom. The van der Waals surface area contributed by atoms with Gasteiger partial charge in [-0.05, 0) is 62.2 Å². The minimum Gasteiger partial charge on any atom is -0.492 e. The number of carbonyl (C=O) groups is 2. The first-order valence-electron chi connectivity index (χ1n) is 12.3. The summed E-state index contributed by atoms with van der Waals surface area (Å²) < 4.78 is 5.98. The minimum absolute atomic E-state index is 0.0645. The number of aromatic nitrogens is 1. The van der Waals surface area contributed by atoms with Gasteiger partial charge in [-0.15, -0.1) is 0 Å². The summed E-state index contributed by atoms with van der Waals surface area (Å²) in [6.45, 7) is 6.10. The number of hydrogen-bond donors (Lipinski definition) is 3. The fraction of sp³-hybridized carbons (Fsp3) is 0.407. The molecule has 0 spiro atoms. The number of hydrogen-bond acceptors (Lipinski definition) is 4. The van der Waals surface area contributed by atoms with Crippen LogP contribution in [-0.4, -0.2) is 47.9 Å². The van der Waals surface area contributed by atoms with E-state index in [1.54, 1.807) is 0 Å². The molecule has 8 heteroatoms. The predicted octanol–water partition coefficient (Wildman–Crippen LogP) is 4.62. The Bertz CT molecular complexity index is 1260. The van der Waals surface area contributed by atoms with Crippen molar-refractivity contribution in [2.75, 3.05) is 26.2 Å². The Kier molecular flexibility index (Phi) is 6.97. The maximum atomic E-state index is 12.7. The van der Waals surface area contributed by atoms with Crippen molar-refractivity contribution in [3.63, 3.8) is 0 Å². The zero-order chi connectivity index (χ0) is 24.4. The molecule has 3 N–H and O–H groups in total. The number of halogens is 1. The standard InChI is InChI=1S/C27H31ClN4O3/c1-17(33)29-8-5-11-35-24-14-20(25-21(26(24)28)15-30-27(25)34)23-13-19-12-18(6-7-22(19)31-23)16-32-9-3-2-4-10-32/h6-7,12-14,31H,2-5,8-11,15-16H2,1H3,(H,29,33)(H,30,34). The van der Waals surface area contributed by atoms with Crippen LogP contribution < -0.4 is 15.4 Å². The van der Waals surface area contributed by atoms with Crippen LogP contribution in [0.1, 0.15) is 54.1 Å². The van der Waals surface area contributed by atoms with E-state index >= 15 is 0 Å². The Hall–Kier alpha value is -3.03. The normalized spacial score (nSPS) is 15.8. The molecule has 184 valence electrons. The zero-order valence-electron chi connectivity index (χ0n) is 20.0.